The van der Waals surface area contributed by atoms with Crippen LogP contribution in [0.3, 0.4) is 0 Å². The molecule has 0 saturated carbocycles. The van der Waals surface area contributed by atoms with Gasteiger partial charge in [0.2, 0.25) is 0 Å². The lowest BCUT2D eigenvalue weighted by Gasteiger charge is -2.07. The second kappa shape index (κ2) is 9.19. The Bertz CT molecular complexity index is 613. The molecule has 8 heteroatoms. The summed E-state index contributed by atoms with van der Waals surface area (Å²) in [5, 5.41) is 15.2. The summed E-state index contributed by atoms with van der Waals surface area (Å²) in [7, 11) is 0. The number of benzene rings is 1. The van der Waals surface area contributed by atoms with Gasteiger partial charge in [0.15, 0.2) is 0 Å². The van der Waals surface area contributed by atoms with Crippen molar-refractivity contribution in [3.63, 3.8) is 0 Å². The molecule has 0 spiro atoms. The SMILES string of the molecule is CCCNC(=O)C(=O)N/N=C\c1ccc(OCC)c(C(=O)O)c1. The second-order valence-electron chi connectivity index (χ2n) is 4.45. The van der Waals surface area contributed by atoms with E-state index in [0.717, 1.165) is 0 Å². The van der Waals surface area contributed by atoms with Crippen LogP contribution in [-0.2, 0) is 9.59 Å². The minimum Gasteiger partial charge on any atom is -0.493 e. The Balaban J connectivity index is 2.73. The topological polar surface area (TPSA) is 117 Å². The van der Waals surface area contributed by atoms with Crippen LogP contribution in [0.4, 0.5) is 0 Å². The Morgan fingerprint density at radius 1 is 1.26 bits per heavy atom. The Morgan fingerprint density at radius 2 is 2.00 bits per heavy atom. The number of hydrogen-bond acceptors (Lipinski definition) is 5. The van der Waals surface area contributed by atoms with Crippen LogP contribution in [0.15, 0.2) is 23.3 Å². The molecule has 0 fully saturated rings. The van der Waals surface area contributed by atoms with E-state index < -0.39 is 17.8 Å². The summed E-state index contributed by atoms with van der Waals surface area (Å²) in [6, 6.07) is 4.45. The smallest absolute Gasteiger partial charge is 0.339 e. The van der Waals surface area contributed by atoms with E-state index in [2.05, 4.69) is 15.8 Å². The Kier molecular flexibility index (Phi) is 7.25. The van der Waals surface area contributed by atoms with Crippen LogP contribution in [-0.4, -0.2) is 42.3 Å². The summed E-state index contributed by atoms with van der Waals surface area (Å²) >= 11 is 0. The Labute approximate surface area is 133 Å². The minimum absolute atomic E-state index is 0.0113. The van der Waals surface area contributed by atoms with Gasteiger partial charge in [-0.1, -0.05) is 6.92 Å². The molecule has 8 nitrogen and oxygen atoms in total. The fourth-order valence-corrected chi connectivity index (χ4v) is 1.61. The van der Waals surface area contributed by atoms with Gasteiger partial charge in [-0.25, -0.2) is 10.2 Å². The molecular formula is C15H19N3O5. The molecule has 1 aromatic carbocycles. The van der Waals surface area contributed by atoms with E-state index in [4.69, 9.17) is 9.84 Å². The molecule has 0 bridgehead atoms. The number of carbonyl (C=O) groups is 3. The molecular weight excluding hydrogens is 302 g/mol. The van der Waals surface area contributed by atoms with Gasteiger partial charge in [-0.3, -0.25) is 9.59 Å². The third kappa shape index (κ3) is 5.77. The van der Waals surface area contributed by atoms with E-state index >= 15 is 0 Å². The average molecular weight is 321 g/mol. The third-order valence-corrected chi connectivity index (χ3v) is 2.66. The van der Waals surface area contributed by atoms with Crippen LogP contribution < -0.4 is 15.5 Å². The normalized spacial score (nSPS) is 10.3. The first-order valence-corrected chi connectivity index (χ1v) is 7.11. The van der Waals surface area contributed by atoms with Crippen molar-refractivity contribution in [3.8, 4) is 5.75 Å². The molecule has 0 saturated heterocycles. The van der Waals surface area contributed by atoms with Gasteiger partial charge in [0.1, 0.15) is 11.3 Å². The van der Waals surface area contributed by atoms with Crippen LogP contribution in [0.1, 0.15) is 36.2 Å². The molecule has 0 aromatic heterocycles. The molecule has 3 N–H and O–H groups in total. The van der Waals surface area contributed by atoms with Crippen LogP contribution in [0, 0.1) is 0 Å². The second-order valence-corrected chi connectivity index (χ2v) is 4.45. The number of nitrogens with zero attached hydrogens (tertiary/aromatic N) is 1. The number of rotatable bonds is 7. The zero-order valence-electron chi connectivity index (χ0n) is 13.0. The van der Waals surface area contributed by atoms with Crippen molar-refractivity contribution >= 4 is 24.0 Å². The lowest BCUT2D eigenvalue weighted by Crippen LogP contribution is -2.38. The van der Waals surface area contributed by atoms with Crippen LogP contribution in [0.2, 0.25) is 0 Å². The highest BCUT2D eigenvalue weighted by molar-refractivity contribution is 6.35. The molecule has 0 aliphatic heterocycles. The maximum atomic E-state index is 11.4. The van der Waals surface area contributed by atoms with Crippen molar-refractivity contribution in [2.45, 2.75) is 20.3 Å². The predicted molar refractivity (Wildman–Crippen MR) is 83.6 cm³/mol. The number of hydrazone groups is 1. The van der Waals surface area contributed by atoms with Gasteiger partial charge in [-0.2, -0.15) is 5.10 Å². The number of amides is 2. The van der Waals surface area contributed by atoms with E-state index in [0.29, 0.717) is 25.1 Å². The number of carbonyl (C=O) groups excluding carboxylic acids is 2. The monoisotopic (exact) mass is 321 g/mol. The highest BCUT2D eigenvalue weighted by atomic mass is 16.5. The van der Waals surface area contributed by atoms with E-state index in [1.165, 1.54) is 18.3 Å². The molecule has 0 heterocycles. The van der Waals surface area contributed by atoms with Crippen molar-refractivity contribution in [1.29, 1.82) is 0 Å². The van der Waals surface area contributed by atoms with Crippen molar-refractivity contribution in [3.05, 3.63) is 29.3 Å². The maximum Gasteiger partial charge on any atom is 0.339 e. The van der Waals surface area contributed by atoms with Crippen molar-refractivity contribution in [2.24, 2.45) is 5.10 Å². The molecule has 0 aliphatic carbocycles. The molecule has 0 aliphatic rings. The first kappa shape index (κ1) is 18.1. The number of ether oxygens (including phenoxy) is 1. The molecule has 0 unspecified atom stereocenters. The summed E-state index contributed by atoms with van der Waals surface area (Å²) in [6.07, 6.45) is 1.96. The summed E-state index contributed by atoms with van der Waals surface area (Å²) in [6.45, 7) is 4.36. The number of carboxylic acid groups (broad SMARTS) is 1. The standard InChI is InChI=1S/C15H19N3O5/c1-3-7-16-13(19)14(20)18-17-9-10-5-6-12(23-4-2)11(8-10)15(21)22/h5-6,8-9H,3-4,7H2,1-2H3,(H,16,19)(H,18,20)(H,21,22)/b17-9-. The summed E-state index contributed by atoms with van der Waals surface area (Å²) < 4.78 is 5.22. The minimum atomic E-state index is -1.13. The largest absolute Gasteiger partial charge is 0.493 e. The van der Waals surface area contributed by atoms with Gasteiger partial charge in [-0.15, -0.1) is 0 Å². The fourth-order valence-electron chi connectivity index (χ4n) is 1.61. The number of carboxylic acids is 1. The van der Waals surface area contributed by atoms with Crippen molar-refractivity contribution in [1.82, 2.24) is 10.7 Å². The summed E-state index contributed by atoms with van der Waals surface area (Å²) in [5.74, 6) is -2.55. The quantitative estimate of drug-likeness (QED) is 0.389. The number of hydrogen-bond donors (Lipinski definition) is 3. The lowest BCUT2D eigenvalue weighted by atomic mass is 10.1. The maximum absolute atomic E-state index is 11.4. The fraction of sp³-hybridized carbons (Fsp3) is 0.333. The summed E-state index contributed by atoms with van der Waals surface area (Å²) in [4.78, 5) is 33.9. The van der Waals surface area contributed by atoms with E-state index in [1.54, 1.807) is 13.0 Å². The highest BCUT2D eigenvalue weighted by Crippen LogP contribution is 2.19. The van der Waals surface area contributed by atoms with Crippen molar-refractivity contribution in [2.75, 3.05) is 13.2 Å². The van der Waals surface area contributed by atoms with Gasteiger partial charge >= 0.3 is 17.8 Å². The Morgan fingerprint density at radius 3 is 2.61 bits per heavy atom. The third-order valence-electron chi connectivity index (χ3n) is 2.66. The van der Waals surface area contributed by atoms with E-state index in [-0.39, 0.29) is 11.3 Å². The zero-order valence-corrected chi connectivity index (χ0v) is 13.0. The molecule has 1 rings (SSSR count). The Hall–Kier alpha value is -2.90. The first-order valence-electron chi connectivity index (χ1n) is 7.11. The molecule has 23 heavy (non-hydrogen) atoms. The molecule has 1 aromatic rings. The number of aromatic carboxylic acids is 1. The van der Waals surface area contributed by atoms with Gasteiger partial charge in [0, 0.05) is 6.54 Å². The van der Waals surface area contributed by atoms with Crippen LogP contribution in [0.5, 0.6) is 5.75 Å². The molecule has 0 radical (unpaired) electrons. The molecule has 0 atom stereocenters. The van der Waals surface area contributed by atoms with Crippen LogP contribution in [0.25, 0.3) is 0 Å². The van der Waals surface area contributed by atoms with Gasteiger partial charge in [0.05, 0.1) is 12.8 Å². The lowest BCUT2D eigenvalue weighted by molar-refractivity contribution is -0.139. The van der Waals surface area contributed by atoms with Crippen LogP contribution >= 0.6 is 0 Å². The molecule has 124 valence electrons. The first-order chi connectivity index (χ1) is 11.0. The van der Waals surface area contributed by atoms with E-state index in [1.807, 2.05) is 6.92 Å². The van der Waals surface area contributed by atoms with Gasteiger partial charge in [0.25, 0.3) is 0 Å². The predicted octanol–water partition coefficient (Wildman–Crippen LogP) is 0.760. The highest BCUT2D eigenvalue weighted by Gasteiger charge is 2.12. The van der Waals surface area contributed by atoms with E-state index in [9.17, 15) is 14.4 Å². The summed E-state index contributed by atoms with van der Waals surface area (Å²) in [5.41, 5.74) is 2.50. The van der Waals surface area contributed by atoms with Gasteiger partial charge in [-0.05, 0) is 37.1 Å². The molecule has 2 amide bonds. The average Bonchev–Trinajstić information content (AvgIpc) is 2.53. The zero-order chi connectivity index (χ0) is 17.2. The number of nitrogens with one attached hydrogen (secondary N) is 2. The van der Waals surface area contributed by atoms with Crippen molar-refractivity contribution < 1.29 is 24.2 Å². The van der Waals surface area contributed by atoms with Gasteiger partial charge < -0.3 is 15.2 Å².